The number of ether oxygens (including phenoxy) is 1. The molecule has 0 amide bonds. The molecule has 8 aromatic carbocycles. The van der Waals surface area contributed by atoms with Gasteiger partial charge in [0.05, 0.1) is 17.0 Å². The Balaban J connectivity index is 1.12. The lowest BCUT2D eigenvalue weighted by Gasteiger charge is -2.40. The summed E-state index contributed by atoms with van der Waals surface area (Å²) in [4.78, 5) is 15.2. The second kappa shape index (κ2) is 13.4. The molecule has 2 aliphatic rings. The monoisotopic (exact) mass is 740 g/mol. The molecule has 1 spiro atoms. The first-order valence-corrected chi connectivity index (χ1v) is 19.3. The number of hydrogen-bond acceptors (Lipinski definition) is 5. The Morgan fingerprint density at radius 1 is 0.362 bits per heavy atom. The maximum absolute atomic E-state index is 9.48. The molecule has 0 radical (unpaired) electrons. The number of nitriles is 1. The smallest absolute Gasteiger partial charge is 0.164 e. The van der Waals surface area contributed by atoms with Crippen molar-refractivity contribution < 1.29 is 4.74 Å². The van der Waals surface area contributed by atoms with Crippen molar-refractivity contribution in [2.24, 2.45) is 0 Å². The molecule has 0 atom stereocenters. The summed E-state index contributed by atoms with van der Waals surface area (Å²) in [5.74, 6) is 3.43. The minimum atomic E-state index is -0.697. The predicted molar refractivity (Wildman–Crippen MR) is 229 cm³/mol. The number of aromatic nitrogens is 3. The molecule has 58 heavy (non-hydrogen) atoms. The van der Waals surface area contributed by atoms with Gasteiger partial charge in [-0.05, 0) is 87.0 Å². The number of fused-ring (bicyclic) bond motifs is 9. The van der Waals surface area contributed by atoms with Gasteiger partial charge in [0.2, 0.25) is 0 Å². The van der Waals surface area contributed by atoms with Gasteiger partial charge in [-0.1, -0.05) is 152 Å². The van der Waals surface area contributed by atoms with E-state index in [2.05, 4.69) is 115 Å². The molecule has 5 nitrogen and oxygen atoms in total. The molecule has 0 bridgehead atoms. The third-order valence-electron chi connectivity index (χ3n) is 11.4. The summed E-state index contributed by atoms with van der Waals surface area (Å²) in [6, 6.07) is 69.1. The second-order valence-electron chi connectivity index (χ2n) is 14.7. The Morgan fingerprint density at radius 3 is 1.34 bits per heavy atom. The largest absolute Gasteiger partial charge is 0.457 e. The molecule has 1 aliphatic carbocycles. The highest BCUT2D eigenvalue weighted by molar-refractivity contribution is 5.90. The van der Waals surface area contributed by atoms with Gasteiger partial charge in [0.25, 0.3) is 0 Å². The summed E-state index contributed by atoms with van der Waals surface area (Å²) in [6.45, 7) is 0. The third-order valence-corrected chi connectivity index (χ3v) is 11.4. The van der Waals surface area contributed by atoms with Gasteiger partial charge in [-0.25, -0.2) is 15.0 Å². The van der Waals surface area contributed by atoms with Crippen LogP contribution in [-0.2, 0) is 5.41 Å². The lowest BCUT2D eigenvalue weighted by atomic mass is 9.65. The Labute approximate surface area is 336 Å². The number of hydrogen-bond donors (Lipinski definition) is 0. The lowest BCUT2D eigenvalue weighted by molar-refractivity contribution is 0.436. The molecular formula is C53H32N4O. The fourth-order valence-corrected chi connectivity index (χ4v) is 8.78. The molecule has 270 valence electrons. The molecule has 5 heteroatoms. The van der Waals surface area contributed by atoms with Gasteiger partial charge in [0.1, 0.15) is 11.5 Å². The van der Waals surface area contributed by atoms with Gasteiger partial charge in [-0.15, -0.1) is 0 Å². The van der Waals surface area contributed by atoms with Gasteiger partial charge >= 0.3 is 0 Å². The zero-order valence-electron chi connectivity index (χ0n) is 31.2. The van der Waals surface area contributed by atoms with Crippen LogP contribution >= 0.6 is 0 Å². The Hall–Kier alpha value is -7.94. The average molecular weight is 741 g/mol. The topological polar surface area (TPSA) is 71.7 Å². The molecule has 9 aromatic rings. The van der Waals surface area contributed by atoms with Crippen LogP contribution in [0.2, 0.25) is 0 Å². The van der Waals surface area contributed by atoms with E-state index < -0.39 is 5.41 Å². The Morgan fingerprint density at radius 2 is 0.793 bits per heavy atom. The van der Waals surface area contributed by atoms with Crippen LogP contribution in [0, 0.1) is 11.3 Å². The van der Waals surface area contributed by atoms with Crippen molar-refractivity contribution in [2.45, 2.75) is 5.41 Å². The molecule has 11 rings (SSSR count). The van der Waals surface area contributed by atoms with Crippen molar-refractivity contribution in [1.29, 1.82) is 5.26 Å². The van der Waals surface area contributed by atoms with Crippen LogP contribution in [0.25, 0.3) is 67.5 Å². The zero-order chi connectivity index (χ0) is 38.6. The maximum atomic E-state index is 9.48. The fourth-order valence-electron chi connectivity index (χ4n) is 8.78. The molecule has 0 fully saturated rings. The van der Waals surface area contributed by atoms with E-state index in [1.807, 2.05) is 84.9 Å². The lowest BCUT2D eigenvalue weighted by Crippen LogP contribution is -2.32. The maximum Gasteiger partial charge on any atom is 0.164 e. The van der Waals surface area contributed by atoms with Crippen molar-refractivity contribution in [3.63, 3.8) is 0 Å². The fraction of sp³-hybridized carbons (Fsp3) is 0.0189. The zero-order valence-corrected chi connectivity index (χ0v) is 31.2. The predicted octanol–water partition coefficient (Wildman–Crippen LogP) is 12.5. The number of benzene rings is 8. The van der Waals surface area contributed by atoms with Crippen molar-refractivity contribution in [3.8, 4) is 85.1 Å². The van der Waals surface area contributed by atoms with Gasteiger partial charge in [-0.2, -0.15) is 5.26 Å². The van der Waals surface area contributed by atoms with Crippen molar-refractivity contribution in [3.05, 3.63) is 222 Å². The van der Waals surface area contributed by atoms with E-state index in [0.29, 0.717) is 23.0 Å². The quantitative estimate of drug-likeness (QED) is 0.176. The standard InChI is InChI=1S/C53H32N4O/c54-33-34-12-11-17-39(30-34)35-22-24-36(25-23-35)40-26-28-48-46(31-40)53(44-20-9-7-18-42(44)43-19-8-10-21-45(43)53)47-32-41(27-29-49(47)58-48)52-56-50(37-13-3-1-4-14-37)55-51(57-52)38-15-5-2-6-16-38/h1-32H. The van der Waals surface area contributed by atoms with E-state index in [1.165, 1.54) is 22.3 Å². The van der Waals surface area contributed by atoms with E-state index in [-0.39, 0.29) is 0 Å². The number of nitrogens with zero attached hydrogens (tertiary/aromatic N) is 4. The highest BCUT2D eigenvalue weighted by Gasteiger charge is 2.51. The van der Waals surface area contributed by atoms with Crippen LogP contribution in [0.1, 0.15) is 27.8 Å². The molecule has 1 aromatic heterocycles. The van der Waals surface area contributed by atoms with Crippen LogP contribution < -0.4 is 4.74 Å². The molecule has 2 heterocycles. The highest BCUT2D eigenvalue weighted by Crippen LogP contribution is 2.62. The highest BCUT2D eigenvalue weighted by atomic mass is 16.5. The molecule has 0 saturated carbocycles. The van der Waals surface area contributed by atoms with Gasteiger partial charge in [-0.3, -0.25) is 0 Å². The Kier molecular flexibility index (Phi) is 7.70. The second-order valence-corrected chi connectivity index (χ2v) is 14.7. The first-order chi connectivity index (χ1) is 28.7. The van der Waals surface area contributed by atoms with Crippen LogP contribution in [0.5, 0.6) is 11.5 Å². The van der Waals surface area contributed by atoms with E-state index in [1.54, 1.807) is 0 Å². The molecule has 1 aliphatic heterocycles. The van der Waals surface area contributed by atoms with Gasteiger partial charge < -0.3 is 4.74 Å². The van der Waals surface area contributed by atoms with Crippen LogP contribution in [0.15, 0.2) is 194 Å². The average Bonchev–Trinajstić information content (AvgIpc) is 3.60. The van der Waals surface area contributed by atoms with Crippen molar-refractivity contribution in [1.82, 2.24) is 15.0 Å². The van der Waals surface area contributed by atoms with Gasteiger partial charge in [0.15, 0.2) is 17.5 Å². The first kappa shape index (κ1) is 33.4. The number of rotatable bonds is 5. The van der Waals surface area contributed by atoms with E-state index in [0.717, 1.165) is 61.6 Å². The minimum Gasteiger partial charge on any atom is -0.457 e. The summed E-state index contributed by atoms with van der Waals surface area (Å²) in [7, 11) is 0. The third kappa shape index (κ3) is 5.27. The van der Waals surface area contributed by atoms with Crippen LogP contribution in [-0.4, -0.2) is 15.0 Å². The van der Waals surface area contributed by atoms with Crippen LogP contribution in [0.4, 0.5) is 0 Å². The summed E-state index contributed by atoms with van der Waals surface area (Å²) in [5, 5.41) is 9.48. The van der Waals surface area contributed by atoms with Crippen molar-refractivity contribution in [2.75, 3.05) is 0 Å². The summed E-state index contributed by atoms with van der Waals surface area (Å²) >= 11 is 0. The molecular weight excluding hydrogens is 709 g/mol. The van der Waals surface area contributed by atoms with Crippen molar-refractivity contribution >= 4 is 0 Å². The summed E-state index contributed by atoms with van der Waals surface area (Å²) in [6.07, 6.45) is 0. The van der Waals surface area contributed by atoms with E-state index in [9.17, 15) is 5.26 Å². The van der Waals surface area contributed by atoms with E-state index >= 15 is 0 Å². The van der Waals surface area contributed by atoms with E-state index in [4.69, 9.17) is 19.7 Å². The summed E-state index contributed by atoms with van der Waals surface area (Å²) in [5.41, 5.74) is 13.8. The first-order valence-electron chi connectivity index (χ1n) is 19.3. The molecule has 0 N–H and O–H groups in total. The molecule has 0 saturated heterocycles. The SMILES string of the molecule is N#Cc1cccc(-c2ccc(-c3ccc4c(c3)C3(c5cc(-c6nc(-c7ccccc7)nc(-c7ccccc7)n6)ccc5O4)c4ccccc4-c4ccccc43)cc2)c1. The summed E-state index contributed by atoms with van der Waals surface area (Å²) < 4.78 is 6.88. The molecule has 0 unspecified atom stereocenters. The van der Waals surface area contributed by atoms with Gasteiger partial charge in [0, 0.05) is 27.8 Å². The Bertz CT molecular complexity index is 2990. The van der Waals surface area contributed by atoms with Crippen LogP contribution in [0.3, 0.4) is 0 Å². The minimum absolute atomic E-state index is 0.588. The normalized spacial score (nSPS) is 12.7.